The second kappa shape index (κ2) is 12.3. The number of benzene rings is 3. The lowest BCUT2D eigenvalue weighted by molar-refractivity contribution is -0.136. The standard InChI is InChI=1S/C27H28N2O4/c1-2-3-4-5-20-6-11-22(12-7-20)27(32)33-25-17-15-24(16-18-25)29-28-23-13-8-21(9-14-23)10-19-26(30)31/h6-9,11-18H,2-5,10,19H2,1H3,(H,30,31). The zero-order chi connectivity index (χ0) is 23.5. The van der Waals surface area contributed by atoms with Crippen LogP contribution in [0.25, 0.3) is 0 Å². The van der Waals surface area contributed by atoms with Gasteiger partial charge in [0, 0.05) is 6.42 Å². The third-order valence-electron chi connectivity index (χ3n) is 5.15. The minimum Gasteiger partial charge on any atom is -0.481 e. The molecule has 6 nitrogen and oxygen atoms in total. The summed E-state index contributed by atoms with van der Waals surface area (Å²) in [5.41, 5.74) is 3.98. The number of carboxylic acids is 1. The molecule has 3 aromatic rings. The third-order valence-corrected chi connectivity index (χ3v) is 5.15. The molecule has 0 heterocycles. The van der Waals surface area contributed by atoms with Crippen molar-refractivity contribution in [1.82, 2.24) is 0 Å². The van der Waals surface area contributed by atoms with Crippen LogP contribution in [-0.4, -0.2) is 17.0 Å². The second-order valence-corrected chi connectivity index (χ2v) is 7.80. The van der Waals surface area contributed by atoms with Gasteiger partial charge in [-0.3, -0.25) is 4.79 Å². The molecule has 0 unspecified atom stereocenters. The molecule has 0 aliphatic carbocycles. The van der Waals surface area contributed by atoms with Crippen molar-refractivity contribution in [2.75, 3.05) is 0 Å². The van der Waals surface area contributed by atoms with Crippen molar-refractivity contribution in [1.29, 1.82) is 0 Å². The zero-order valence-corrected chi connectivity index (χ0v) is 18.7. The fraction of sp³-hybridized carbons (Fsp3) is 0.259. The first-order valence-corrected chi connectivity index (χ1v) is 11.2. The van der Waals surface area contributed by atoms with E-state index in [9.17, 15) is 9.59 Å². The second-order valence-electron chi connectivity index (χ2n) is 7.80. The molecule has 0 saturated carbocycles. The Morgan fingerprint density at radius 1 is 0.758 bits per heavy atom. The maximum atomic E-state index is 12.4. The highest BCUT2D eigenvalue weighted by Crippen LogP contribution is 2.22. The van der Waals surface area contributed by atoms with Gasteiger partial charge in [0.05, 0.1) is 16.9 Å². The predicted octanol–water partition coefficient (Wildman–Crippen LogP) is 7.07. The molecule has 3 rings (SSSR count). The van der Waals surface area contributed by atoms with Crippen LogP contribution in [0.5, 0.6) is 5.75 Å². The van der Waals surface area contributed by atoms with Crippen LogP contribution in [0.3, 0.4) is 0 Å². The molecule has 3 aromatic carbocycles. The Morgan fingerprint density at radius 2 is 1.30 bits per heavy atom. The zero-order valence-electron chi connectivity index (χ0n) is 18.7. The van der Waals surface area contributed by atoms with E-state index in [1.165, 1.54) is 18.4 Å². The molecule has 0 bridgehead atoms. The summed E-state index contributed by atoms with van der Waals surface area (Å²) in [4.78, 5) is 23.0. The number of nitrogens with zero attached hydrogens (tertiary/aromatic N) is 2. The Balaban J connectivity index is 1.52. The van der Waals surface area contributed by atoms with E-state index in [1.807, 2.05) is 24.3 Å². The Bertz CT molecular complexity index is 1070. The van der Waals surface area contributed by atoms with E-state index in [-0.39, 0.29) is 6.42 Å². The van der Waals surface area contributed by atoms with Crippen LogP contribution in [0.2, 0.25) is 0 Å². The Labute approximate surface area is 194 Å². The largest absolute Gasteiger partial charge is 0.481 e. The fourth-order valence-electron chi connectivity index (χ4n) is 3.23. The van der Waals surface area contributed by atoms with Crippen LogP contribution in [0.15, 0.2) is 83.0 Å². The van der Waals surface area contributed by atoms with E-state index < -0.39 is 11.9 Å². The van der Waals surface area contributed by atoms with E-state index in [2.05, 4.69) is 17.2 Å². The molecule has 33 heavy (non-hydrogen) atoms. The number of azo groups is 1. The average Bonchev–Trinajstić information content (AvgIpc) is 2.83. The van der Waals surface area contributed by atoms with Gasteiger partial charge in [0.25, 0.3) is 0 Å². The summed E-state index contributed by atoms with van der Waals surface area (Å²) in [5.74, 6) is -0.773. The number of carbonyl (C=O) groups is 2. The van der Waals surface area contributed by atoms with Crippen LogP contribution >= 0.6 is 0 Å². The number of unbranched alkanes of at least 4 members (excludes halogenated alkanes) is 2. The summed E-state index contributed by atoms with van der Waals surface area (Å²) in [7, 11) is 0. The lowest BCUT2D eigenvalue weighted by Crippen LogP contribution is -2.08. The number of rotatable bonds is 11. The van der Waals surface area contributed by atoms with Crippen LogP contribution in [-0.2, 0) is 17.6 Å². The van der Waals surface area contributed by atoms with Crippen molar-refractivity contribution < 1.29 is 19.4 Å². The Morgan fingerprint density at radius 3 is 1.88 bits per heavy atom. The number of aryl methyl sites for hydroxylation is 2. The van der Waals surface area contributed by atoms with Gasteiger partial charge in [0.15, 0.2) is 0 Å². The van der Waals surface area contributed by atoms with Crippen LogP contribution < -0.4 is 4.74 Å². The van der Waals surface area contributed by atoms with Crippen molar-refractivity contribution >= 4 is 23.3 Å². The van der Waals surface area contributed by atoms with Gasteiger partial charge in [-0.2, -0.15) is 10.2 Å². The van der Waals surface area contributed by atoms with Crippen LogP contribution in [0, 0.1) is 0 Å². The molecule has 1 N–H and O–H groups in total. The van der Waals surface area contributed by atoms with Gasteiger partial charge < -0.3 is 9.84 Å². The van der Waals surface area contributed by atoms with Crippen LogP contribution in [0.1, 0.15) is 54.1 Å². The summed E-state index contributed by atoms with van der Waals surface area (Å²) in [5, 5.41) is 17.1. The normalized spacial score (nSPS) is 10.9. The van der Waals surface area contributed by atoms with E-state index >= 15 is 0 Å². The fourth-order valence-corrected chi connectivity index (χ4v) is 3.23. The molecule has 0 atom stereocenters. The summed E-state index contributed by atoms with van der Waals surface area (Å²) in [6, 6.07) is 21.7. The van der Waals surface area contributed by atoms with Gasteiger partial charge in [-0.1, -0.05) is 44.0 Å². The molecule has 170 valence electrons. The summed E-state index contributed by atoms with van der Waals surface area (Å²) < 4.78 is 5.46. The highest BCUT2D eigenvalue weighted by Gasteiger charge is 2.08. The summed E-state index contributed by atoms with van der Waals surface area (Å²) in [6.07, 6.45) is 5.16. The lowest BCUT2D eigenvalue weighted by atomic mass is 10.1. The molecule has 0 spiro atoms. The minimum atomic E-state index is -0.816. The molecule has 0 amide bonds. The molecule has 0 saturated heterocycles. The molecule has 6 heteroatoms. The smallest absolute Gasteiger partial charge is 0.343 e. The van der Waals surface area contributed by atoms with Gasteiger partial charge in [0.1, 0.15) is 5.75 Å². The summed E-state index contributed by atoms with van der Waals surface area (Å²) >= 11 is 0. The number of ether oxygens (including phenoxy) is 1. The maximum Gasteiger partial charge on any atom is 0.343 e. The Kier molecular flexibility index (Phi) is 8.88. The number of aliphatic carboxylic acids is 1. The van der Waals surface area contributed by atoms with E-state index in [1.54, 1.807) is 48.5 Å². The van der Waals surface area contributed by atoms with E-state index in [4.69, 9.17) is 9.84 Å². The maximum absolute atomic E-state index is 12.4. The molecule has 0 fully saturated rings. The first-order chi connectivity index (χ1) is 16.0. The van der Waals surface area contributed by atoms with Gasteiger partial charge in [-0.25, -0.2) is 4.79 Å². The Hall–Kier alpha value is -3.80. The van der Waals surface area contributed by atoms with Crippen molar-refractivity contribution in [3.63, 3.8) is 0 Å². The molecule has 0 aliphatic heterocycles. The molecular formula is C27H28N2O4. The van der Waals surface area contributed by atoms with Gasteiger partial charge in [-0.05, 0) is 78.9 Å². The molecule has 0 radical (unpaired) electrons. The lowest BCUT2D eigenvalue weighted by Gasteiger charge is -2.06. The number of esters is 1. The van der Waals surface area contributed by atoms with Gasteiger partial charge in [-0.15, -0.1) is 0 Å². The molecular weight excluding hydrogens is 416 g/mol. The molecule has 0 aliphatic rings. The van der Waals surface area contributed by atoms with Gasteiger partial charge in [0.2, 0.25) is 0 Å². The first-order valence-electron chi connectivity index (χ1n) is 11.2. The van der Waals surface area contributed by atoms with E-state index in [0.717, 1.165) is 18.4 Å². The topological polar surface area (TPSA) is 88.3 Å². The highest BCUT2D eigenvalue weighted by atomic mass is 16.5. The van der Waals surface area contributed by atoms with Crippen molar-refractivity contribution in [3.05, 3.63) is 89.5 Å². The SMILES string of the molecule is CCCCCc1ccc(C(=O)Oc2ccc(N=Nc3ccc(CCC(=O)O)cc3)cc2)cc1. The highest BCUT2D eigenvalue weighted by molar-refractivity contribution is 5.91. The van der Waals surface area contributed by atoms with E-state index in [0.29, 0.717) is 29.1 Å². The van der Waals surface area contributed by atoms with Crippen LogP contribution in [0.4, 0.5) is 11.4 Å². The quantitative estimate of drug-likeness (QED) is 0.148. The third kappa shape index (κ3) is 8.00. The summed E-state index contributed by atoms with van der Waals surface area (Å²) in [6.45, 7) is 2.18. The van der Waals surface area contributed by atoms with Gasteiger partial charge >= 0.3 is 11.9 Å². The number of carbonyl (C=O) groups excluding carboxylic acids is 1. The number of hydrogen-bond acceptors (Lipinski definition) is 5. The number of hydrogen-bond donors (Lipinski definition) is 1. The number of carboxylic acid groups (broad SMARTS) is 1. The van der Waals surface area contributed by atoms with Crippen molar-refractivity contribution in [2.45, 2.75) is 45.4 Å². The minimum absolute atomic E-state index is 0.0993. The molecule has 0 aromatic heterocycles. The first kappa shape index (κ1) is 23.9. The predicted molar refractivity (Wildman–Crippen MR) is 128 cm³/mol. The van der Waals surface area contributed by atoms with Crippen molar-refractivity contribution in [3.8, 4) is 5.75 Å². The average molecular weight is 445 g/mol. The monoisotopic (exact) mass is 444 g/mol. The van der Waals surface area contributed by atoms with Crippen molar-refractivity contribution in [2.24, 2.45) is 10.2 Å².